The first-order chi connectivity index (χ1) is 8.09. The van der Waals surface area contributed by atoms with Crippen molar-refractivity contribution in [3.05, 3.63) is 29.8 Å². The Hall–Kier alpha value is -1.06. The molecule has 3 nitrogen and oxygen atoms in total. The molecule has 0 aromatic heterocycles. The molecule has 0 bridgehead atoms. The van der Waals surface area contributed by atoms with Crippen LogP contribution in [0.1, 0.15) is 44.3 Å². The summed E-state index contributed by atoms with van der Waals surface area (Å²) in [7, 11) is 0. The molecular weight excluding hydrogens is 216 g/mol. The lowest BCUT2D eigenvalue weighted by atomic mass is 10.0. The lowest BCUT2D eigenvalue weighted by Gasteiger charge is -2.22. The van der Waals surface area contributed by atoms with E-state index in [0.717, 1.165) is 37.0 Å². The van der Waals surface area contributed by atoms with Gasteiger partial charge in [0, 0.05) is 0 Å². The maximum Gasteiger partial charge on any atom is 0.119 e. The average Bonchev–Trinajstić information content (AvgIpc) is 2.75. The zero-order chi connectivity index (χ0) is 12.3. The van der Waals surface area contributed by atoms with E-state index in [0.29, 0.717) is 6.61 Å². The van der Waals surface area contributed by atoms with Crippen molar-refractivity contribution < 1.29 is 14.9 Å². The highest BCUT2D eigenvalue weighted by atomic mass is 16.5. The quantitative estimate of drug-likeness (QED) is 0.844. The molecule has 17 heavy (non-hydrogen) atoms. The molecule has 1 aromatic rings. The third-order valence-electron chi connectivity index (χ3n) is 3.40. The molecule has 1 atom stereocenters. The van der Waals surface area contributed by atoms with Crippen LogP contribution in [0.3, 0.4) is 0 Å². The highest BCUT2D eigenvalue weighted by Crippen LogP contribution is 2.30. The normalized spacial score (nSPS) is 20.2. The Balaban J connectivity index is 1.90. The van der Waals surface area contributed by atoms with Gasteiger partial charge in [0.2, 0.25) is 0 Å². The molecule has 0 spiro atoms. The van der Waals surface area contributed by atoms with E-state index >= 15 is 0 Å². The summed E-state index contributed by atoms with van der Waals surface area (Å²) in [5.74, 6) is 0.745. The van der Waals surface area contributed by atoms with Crippen molar-refractivity contribution in [2.24, 2.45) is 0 Å². The zero-order valence-electron chi connectivity index (χ0n) is 10.2. The zero-order valence-corrected chi connectivity index (χ0v) is 10.2. The maximum absolute atomic E-state index is 10.1. The van der Waals surface area contributed by atoms with Gasteiger partial charge in [0.1, 0.15) is 12.4 Å². The molecule has 3 heteroatoms. The molecule has 1 fully saturated rings. The van der Waals surface area contributed by atoms with Crippen molar-refractivity contribution in [2.75, 3.05) is 6.61 Å². The Morgan fingerprint density at radius 2 is 1.82 bits per heavy atom. The molecule has 0 radical (unpaired) electrons. The number of hydrogen-bond acceptors (Lipinski definition) is 3. The van der Waals surface area contributed by atoms with Gasteiger partial charge in [-0.1, -0.05) is 25.0 Å². The number of aliphatic hydroxyl groups excluding tert-OH is 1. The van der Waals surface area contributed by atoms with Crippen LogP contribution in [-0.4, -0.2) is 22.4 Å². The molecule has 0 saturated heterocycles. The number of ether oxygens (including phenoxy) is 1. The number of benzene rings is 1. The minimum absolute atomic E-state index is 0.362. The van der Waals surface area contributed by atoms with Crippen LogP contribution in [0.4, 0.5) is 0 Å². The van der Waals surface area contributed by atoms with Crippen LogP contribution in [0, 0.1) is 0 Å². The van der Waals surface area contributed by atoms with E-state index in [1.807, 2.05) is 24.3 Å². The lowest BCUT2D eigenvalue weighted by Crippen LogP contribution is -2.32. The lowest BCUT2D eigenvalue weighted by molar-refractivity contribution is 0.00139. The second kappa shape index (κ2) is 5.07. The third-order valence-corrected chi connectivity index (χ3v) is 3.40. The standard InChI is InChI=1S/C14H20O3/c1-11(15)12-4-6-13(7-5-12)17-10-14(16)8-2-3-9-14/h4-7,11,15-16H,2-3,8-10H2,1H3/t11-/m0/s1. The molecule has 0 heterocycles. The van der Waals surface area contributed by atoms with Gasteiger partial charge in [-0.2, -0.15) is 0 Å². The van der Waals surface area contributed by atoms with Gasteiger partial charge in [0.15, 0.2) is 0 Å². The van der Waals surface area contributed by atoms with Crippen LogP contribution in [-0.2, 0) is 0 Å². The van der Waals surface area contributed by atoms with Gasteiger partial charge >= 0.3 is 0 Å². The molecule has 0 aliphatic heterocycles. The summed E-state index contributed by atoms with van der Waals surface area (Å²) >= 11 is 0. The van der Waals surface area contributed by atoms with Gasteiger partial charge in [-0.3, -0.25) is 0 Å². The van der Waals surface area contributed by atoms with Crippen LogP contribution in [0.25, 0.3) is 0 Å². The Morgan fingerprint density at radius 3 is 2.35 bits per heavy atom. The molecule has 1 saturated carbocycles. The van der Waals surface area contributed by atoms with Crippen molar-refractivity contribution in [1.29, 1.82) is 0 Å². The topological polar surface area (TPSA) is 49.7 Å². The Labute approximate surface area is 102 Å². The second-order valence-corrected chi connectivity index (χ2v) is 4.97. The highest BCUT2D eigenvalue weighted by molar-refractivity contribution is 5.28. The molecular formula is C14H20O3. The predicted octanol–water partition coefficient (Wildman–Crippen LogP) is 2.42. The average molecular weight is 236 g/mol. The molecule has 94 valence electrons. The van der Waals surface area contributed by atoms with Gasteiger partial charge in [-0.25, -0.2) is 0 Å². The first-order valence-electron chi connectivity index (χ1n) is 6.22. The van der Waals surface area contributed by atoms with E-state index in [2.05, 4.69) is 0 Å². The van der Waals surface area contributed by atoms with Gasteiger partial charge < -0.3 is 14.9 Å². The fourth-order valence-corrected chi connectivity index (χ4v) is 2.24. The highest BCUT2D eigenvalue weighted by Gasteiger charge is 2.31. The van der Waals surface area contributed by atoms with Crippen LogP contribution in [0.2, 0.25) is 0 Å². The predicted molar refractivity (Wildman–Crippen MR) is 66.0 cm³/mol. The van der Waals surface area contributed by atoms with E-state index in [-0.39, 0.29) is 0 Å². The van der Waals surface area contributed by atoms with Gasteiger partial charge in [-0.05, 0) is 37.5 Å². The van der Waals surface area contributed by atoms with Crippen molar-refractivity contribution in [3.8, 4) is 5.75 Å². The molecule has 1 aromatic carbocycles. The van der Waals surface area contributed by atoms with E-state index in [9.17, 15) is 10.2 Å². The largest absolute Gasteiger partial charge is 0.491 e. The van der Waals surface area contributed by atoms with Crippen LogP contribution < -0.4 is 4.74 Å². The van der Waals surface area contributed by atoms with E-state index in [4.69, 9.17) is 4.74 Å². The van der Waals surface area contributed by atoms with E-state index in [1.54, 1.807) is 6.92 Å². The summed E-state index contributed by atoms with van der Waals surface area (Å²) in [5.41, 5.74) is 0.236. The van der Waals surface area contributed by atoms with Gasteiger partial charge in [0.25, 0.3) is 0 Å². The Bertz CT molecular complexity index is 350. The van der Waals surface area contributed by atoms with Crippen LogP contribution >= 0.6 is 0 Å². The fraction of sp³-hybridized carbons (Fsp3) is 0.571. The minimum atomic E-state index is -0.636. The molecule has 1 aliphatic rings. The van der Waals surface area contributed by atoms with Gasteiger partial charge in [-0.15, -0.1) is 0 Å². The SMILES string of the molecule is C[C@H](O)c1ccc(OCC2(O)CCCC2)cc1. The first-order valence-corrected chi connectivity index (χ1v) is 6.22. The summed E-state index contributed by atoms with van der Waals surface area (Å²) in [4.78, 5) is 0. The Kier molecular flexibility index (Phi) is 3.69. The summed E-state index contributed by atoms with van der Waals surface area (Å²) < 4.78 is 5.60. The summed E-state index contributed by atoms with van der Waals surface area (Å²) in [6.07, 6.45) is 3.38. The van der Waals surface area contributed by atoms with Crippen molar-refractivity contribution >= 4 is 0 Å². The molecule has 0 unspecified atom stereocenters. The van der Waals surface area contributed by atoms with Crippen LogP contribution in [0.5, 0.6) is 5.75 Å². The Morgan fingerprint density at radius 1 is 1.24 bits per heavy atom. The molecule has 1 aliphatic carbocycles. The summed E-state index contributed by atoms with van der Waals surface area (Å²) in [5, 5.41) is 19.5. The summed E-state index contributed by atoms with van der Waals surface area (Å²) in [6, 6.07) is 7.36. The molecule has 2 rings (SSSR count). The molecule has 0 amide bonds. The summed E-state index contributed by atoms with van der Waals surface area (Å²) in [6.45, 7) is 2.10. The van der Waals surface area contributed by atoms with Crippen molar-refractivity contribution in [3.63, 3.8) is 0 Å². The van der Waals surface area contributed by atoms with Crippen molar-refractivity contribution in [2.45, 2.75) is 44.3 Å². The smallest absolute Gasteiger partial charge is 0.119 e. The number of hydrogen-bond donors (Lipinski definition) is 2. The first kappa shape index (κ1) is 12.4. The minimum Gasteiger partial charge on any atom is -0.491 e. The fourth-order valence-electron chi connectivity index (χ4n) is 2.24. The second-order valence-electron chi connectivity index (χ2n) is 4.97. The monoisotopic (exact) mass is 236 g/mol. The maximum atomic E-state index is 10.1. The third kappa shape index (κ3) is 3.20. The number of rotatable bonds is 4. The van der Waals surface area contributed by atoms with E-state index in [1.165, 1.54) is 0 Å². The number of aliphatic hydroxyl groups is 2. The molecule has 2 N–H and O–H groups in total. The van der Waals surface area contributed by atoms with E-state index < -0.39 is 11.7 Å². The van der Waals surface area contributed by atoms with Crippen molar-refractivity contribution in [1.82, 2.24) is 0 Å². The van der Waals surface area contributed by atoms with Crippen LogP contribution in [0.15, 0.2) is 24.3 Å². The van der Waals surface area contributed by atoms with Gasteiger partial charge in [0.05, 0.1) is 11.7 Å².